The van der Waals surface area contributed by atoms with Crippen molar-refractivity contribution in [2.75, 3.05) is 4.90 Å². The third kappa shape index (κ3) is 4.38. The molecule has 1 nitrogen and oxygen atoms in total. The van der Waals surface area contributed by atoms with Crippen LogP contribution in [0.2, 0.25) is 0 Å². The molecule has 0 saturated carbocycles. The van der Waals surface area contributed by atoms with Crippen LogP contribution in [0.5, 0.6) is 0 Å². The highest BCUT2D eigenvalue weighted by Crippen LogP contribution is 2.47. The maximum Gasteiger partial charge on any atom is 0.0540 e. The van der Waals surface area contributed by atoms with Crippen LogP contribution in [-0.2, 0) is 0 Å². The van der Waals surface area contributed by atoms with Gasteiger partial charge in [-0.3, -0.25) is 0 Å². The lowest BCUT2D eigenvalue weighted by Gasteiger charge is -2.29. The number of thiophene rings is 1. The molecule has 0 aliphatic rings. The minimum atomic E-state index is 1.12. The van der Waals surface area contributed by atoms with Crippen LogP contribution in [0, 0.1) is 0 Å². The number of para-hydroxylation sites is 1. The number of anilines is 3. The largest absolute Gasteiger partial charge is 0.309 e. The van der Waals surface area contributed by atoms with Gasteiger partial charge >= 0.3 is 0 Å². The Bertz CT molecular complexity index is 2550. The average Bonchev–Trinajstić information content (AvgIpc) is 3.51. The second-order valence-corrected chi connectivity index (χ2v) is 12.8. The molecular formula is C44H29NS. The van der Waals surface area contributed by atoms with Crippen molar-refractivity contribution in [3.63, 3.8) is 0 Å². The van der Waals surface area contributed by atoms with Gasteiger partial charge in [-0.15, -0.1) is 11.3 Å². The molecule has 0 spiro atoms. The Morgan fingerprint density at radius 3 is 1.83 bits per heavy atom. The van der Waals surface area contributed by atoms with E-state index in [2.05, 4.69) is 181 Å². The first kappa shape index (κ1) is 26.7. The summed E-state index contributed by atoms with van der Waals surface area (Å²) in [4.78, 5) is 2.46. The molecule has 2 heteroatoms. The zero-order valence-electron chi connectivity index (χ0n) is 25.1. The summed E-state index contributed by atoms with van der Waals surface area (Å²) in [5.41, 5.74) is 8.33. The van der Waals surface area contributed by atoms with E-state index >= 15 is 0 Å². The summed E-state index contributed by atoms with van der Waals surface area (Å²) in [6, 6.07) is 64.0. The van der Waals surface area contributed by atoms with Crippen LogP contribution in [0.1, 0.15) is 0 Å². The maximum atomic E-state index is 2.46. The zero-order valence-corrected chi connectivity index (χ0v) is 25.9. The van der Waals surface area contributed by atoms with Gasteiger partial charge in [0.05, 0.1) is 11.4 Å². The summed E-state index contributed by atoms with van der Waals surface area (Å²) in [6.07, 6.45) is 0. The van der Waals surface area contributed by atoms with E-state index in [0.29, 0.717) is 0 Å². The van der Waals surface area contributed by atoms with Gasteiger partial charge in [0.2, 0.25) is 0 Å². The Morgan fingerprint density at radius 1 is 0.370 bits per heavy atom. The zero-order chi connectivity index (χ0) is 30.5. The summed E-state index contributed by atoms with van der Waals surface area (Å²) in [5.74, 6) is 0. The molecule has 0 bridgehead atoms. The summed E-state index contributed by atoms with van der Waals surface area (Å²) in [5, 5.41) is 7.57. The Hall–Kier alpha value is -5.70. The van der Waals surface area contributed by atoms with Crippen LogP contribution in [0.3, 0.4) is 0 Å². The molecule has 9 aromatic rings. The Labute approximate surface area is 272 Å². The average molecular weight is 604 g/mol. The minimum absolute atomic E-state index is 1.12. The van der Waals surface area contributed by atoms with Crippen LogP contribution in [-0.4, -0.2) is 0 Å². The highest BCUT2D eigenvalue weighted by atomic mass is 32.1. The highest BCUT2D eigenvalue weighted by molar-refractivity contribution is 7.26. The highest BCUT2D eigenvalue weighted by Gasteiger charge is 2.21. The Kier molecular flexibility index (Phi) is 6.40. The molecule has 8 aromatic carbocycles. The van der Waals surface area contributed by atoms with Gasteiger partial charge in [0, 0.05) is 42.4 Å². The lowest BCUT2D eigenvalue weighted by molar-refractivity contribution is 1.30. The molecule has 0 atom stereocenters. The number of hydrogen-bond donors (Lipinski definition) is 0. The third-order valence-electron chi connectivity index (χ3n) is 9.05. The SMILES string of the molecule is c1cc(-c2cccc3ccccc23)cc(N(c2ccccc2-c2cccc3c2sc2ccccc23)c2cccc3ccccc23)c1. The van der Waals surface area contributed by atoms with Gasteiger partial charge in [0.25, 0.3) is 0 Å². The first-order chi connectivity index (χ1) is 22.8. The molecule has 0 aliphatic carbocycles. The van der Waals surface area contributed by atoms with Crippen molar-refractivity contribution in [3.8, 4) is 22.3 Å². The van der Waals surface area contributed by atoms with Crippen molar-refractivity contribution < 1.29 is 0 Å². The van der Waals surface area contributed by atoms with Crippen molar-refractivity contribution in [2.24, 2.45) is 0 Å². The molecule has 0 fully saturated rings. The van der Waals surface area contributed by atoms with Gasteiger partial charge in [-0.25, -0.2) is 0 Å². The molecular weight excluding hydrogens is 575 g/mol. The van der Waals surface area contributed by atoms with Gasteiger partial charge in [-0.2, -0.15) is 0 Å². The van der Waals surface area contributed by atoms with Crippen molar-refractivity contribution >= 4 is 70.1 Å². The molecule has 216 valence electrons. The monoisotopic (exact) mass is 603 g/mol. The lowest BCUT2D eigenvalue weighted by atomic mass is 9.96. The number of rotatable bonds is 5. The Morgan fingerprint density at radius 2 is 0.935 bits per heavy atom. The Balaban J connectivity index is 1.31. The van der Waals surface area contributed by atoms with E-state index < -0.39 is 0 Å². The molecule has 0 N–H and O–H groups in total. The van der Waals surface area contributed by atoms with Crippen LogP contribution in [0.15, 0.2) is 176 Å². The van der Waals surface area contributed by atoms with Crippen LogP contribution >= 0.6 is 11.3 Å². The fourth-order valence-corrected chi connectivity index (χ4v) is 8.19. The predicted molar refractivity (Wildman–Crippen MR) is 200 cm³/mol. The van der Waals surface area contributed by atoms with E-state index in [1.807, 2.05) is 11.3 Å². The maximum absolute atomic E-state index is 2.46. The first-order valence-corrected chi connectivity index (χ1v) is 16.5. The normalized spacial score (nSPS) is 11.5. The van der Waals surface area contributed by atoms with Crippen molar-refractivity contribution in [1.29, 1.82) is 0 Å². The van der Waals surface area contributed by atoms with E-state index in [1.54, 1.807) is 0 Å². The second-order valence-electron chi connectivity index (χ2n) is 11.7. The summed E-state index contributed by atoms with van der Waals surface area (Å²) < 4.78 is 2.63. The smallest absolute Gasteiger partial charge is 0.0540 e. The fraction of sp³-hybridized carbons (Fsp3) is 0. The molecule has 0 saturated heterocycles. The topological polar surface area (TPSA) is 3.24 Å². The molecule has 9 rings (SSSR count). The predicted octanol–water partition coefficient (Wildman–Crippen LogP) is 13.2. The van der Waals surface area contributed by atoms with Crippen LogP contribution < -0.4 is 4.90 Å². The molecule has 1 heterocycles. The number of benzene rings is 8. The van der Waals surface area contributed by atoms with Gasteiger partial charge in [-0.1, -0.05) is 146 Å². The second kappa shape index (κ2) is 11.0. The van der Waals surface area contributed by atoms with Crippen molar-refractivity contribution in [3.05, 3.63) is 176 Å². The first-order valence-electron chi connectivity index (χ1n) is 15.7. The van der Waals surface area contributed by atoms with E-state index in [0.717, 1.165) is 17.1 Å². The summed E-state index contributed by atoms with van der Waals surface area (Å²) in [7, 11) is 0. The van der Waals surface area contributed by atoms with E-state index in [-0.39, 0.29) is 0 Å². The standard InChI is InChI=1S/C44H29NS/c1-3-19-34-30(13-1)15-10-23-35(34)32-17-9-18-33(29-32)45(41-27-11-16-31-14-2-4-20-36(31)41)42-26-7-5-21-37(42)39-24-12-25-40-38-22-6-8-28-43(38)46-44(39)40/h1-29H. The minimum Gasteiger partial charge on any atom is -0.309 e. The van der Waals surface area contributed by atoms with E-state index in [4.69, 9.17) is 0 Å². The van der Waals surface area contributed by atoms with Gasteiger partial charge in [0.15, 0.2) is 0 Å². The molecule has 0 amide bonds. The molecule has 0 unspecified atom stereocenters. The number of nitrogens with zero attached hydrogens (tertiary/aromatic N) is 1. The van der Waals surface area contributed by atoms with Gasteiger partial charge < -0.3 is 4.90 Å². The molecule has 46 heavy (non-hydrogen) atoms. The summed E-state index contributed by atoms with van der Waals surface area (Å²) in [6.45, 7) is 0. The number of hydrogen-bond acceptors (Lipinski definition) is 2. The molecule has 0 aliphatic heterocycles. The van der Waals surface area contributed by atoms with E-state index in [1.165, 1.54) is 64.0 Å². The third-order valence-corrected chi connectivity index (χ3v) is 10.3. The van der Waals surface area contributed by atoms with Crippen molar-refractivity contribution in [1.82, 2.24) is 0 Å². The van der Waals surface area contributed by atoms with Crippen molar-refractivity contribution in [2.45, 2.75) is 0 Å². The number of fused-ring (bicyclic) bond motifs is 5. The van der Waals surface area contributed by atoms with Gasteiger partial charge in [-0.05, 0) is 57.6 Å². The summed E-state index contributed by atoms with van der Waals surface area (Å²) >= 11 is 1.88. The lowest BCUT2D eigenvalue weighted by Crippen LogP contribution is -2.12. The molecule has 1 aromatic heterocycles. The fourth-order valence-electron chi connectivity index (χ4n) is 6.96. The van der Waals surface area contributed by atoms with E-state index in [9.17, 15) is 0 Å². The van der Waals surface area contributed by atoms with Crippen LogP contribution in [0.25, 0.3) is 64.0 Å². The quantitative estimate of drug-likeness (QED) is 0.189. The van der Waals surface area contributed by atoms with Gasteiger partial charge in [0.1, 0.15) is 0 Å². The van der Waals surface area contributed by atoms with Crippen LogP contribution in [0.4, 0.5) is 17.1 Å². The molecule has 0 radical (unpaired) electrons.